The maximum atomic E-state index is 9.00. The highest BCUT2D eigenvalue weighted by atomic mass is 16.4. The number of rotatable bonds is 0. The van der Waals surface area contributed by atoms with Crippen LogP contribution in [0.4, 0.5) is 0 Å². The molecule has 0 bridgehead atoms. The number of aliphatic carboxylic acids is 4. The molecule has 0 amide bonds. The summed E-state index contributed by atoms with van der Waals surface area (Å²) < 4.78 is 0. The number of carboxylic acid groups (broad SMARTS) is 4. The Kier molecular flexibility index (Phi) is 120. The van der Waals surface area contributed by atoms with Gasteiger partial charge in [-0.25, -0.2) is 0 Å². The van der Waals surface area contributed by atoms with E-state index in [9.17, 15) is 0 Å². The van der Waals surface area contributed by atoms with Crippen LogP contribution in [0.2, 0.25) is 0 Å². The normalized spacial score (nSPS) is 5.36. The Morgan fingerprint density at radius 1 is 0.409 bits per heavy atom. The van der Waals surface area contributed by atoms with Crippen LogP contribution >= 0.6 is 0 Å². The lowest BCUT2D eigenvalue weighted by atomic mass is 10.9. The number of carboxylic acids is 4. The third-order valence-electron chi connectivity index (χ3n) is 0. The van der Waals surface area contributed by atoms with E-state index < -0.39 is 23.9 Å². The molecule has 0 aromatic rings. The number of hydrogen-bond donors (Lipinski definition) is 4. The molecule has 22 heavy (non-hydrogen) atoms. The van der Waals surface area contributed by atoms with E-state index in [-0.39, 0.29) is 0 Å². The van der Waals surface area contributed by atoms with Crippen molar-refractivity contribution < 1.29 is 39.6 Å². The van der Waals surface area contributed by atoms with Gasteiger partial charge in [-0.15, -0.1) is 0 Å². The second kappa shape index (κ2) is 61.8. The molecule has 0 saturated carbocycles. The van der Waals surface area contributed by atoms with Gasteiger partial charge >= 0.3 is 0 Å². The van der Waals surface area contributed by atoms with Gasteiger partial charge in [-0.3, -0.25) is 19.2 Å². The van der Waals surface area contributed by atoms with Crippen molar-refractivity contribution in [3.8, 4) is 0 Å². The maximum Gasteiger partial charge on any atom is 0.300 e. The molecule has 0 atom stereocenters. The van der Waals surface area contributed by atoms with Crippen molar-refractivity contribution in [1.82, 2.24) is 0 Å². The van der Waals surface area contributed by atoms with Gasteiger partial charge in [-0.05, 0) is 0 Å². The van der Waals surface area contributed by atoms with Crippen molar-refractivity contribution in [3.05, 3.63) is 0 Å². The molecule has 0 unspecified atom stereocenters. The summed E-state index contributed by atoms with van der Waals surface area (Å²) in [5.41, 5.74) is 0. The van der Waals surface area contributed by atoms with E-state index in [0.717, 1.165) is 27.7 Å². The highest BCUT2D eigenvalue weighted by Gasteiger charge is 1.66. The fourth-order valence-electron chi connectivity index (χ4n) is 0. The Hall–Kier alpha value is -2.12. The summed E-state index contributed by atoms with van der Waals surface area (Å²) >= 11 is 0. The molecular weight excluding hydrogens is 296 g/mol. The fraction of sp³-hybridized carbons (Fsp3) is 0.714. The summed E-state index contributed by atoms with van der Waals surface area (Å²) in [6, 6.07) is 0. The van der Waals surface area contributed by atoms with Crippen LogP contribution in [0.25, 0.3) is 0 Å². The van der Waals surface area contributed by atoms with Crippen molar-refractivity contribution in [2.45, 2.75) is 69.2 Å². The Morgan fingerprint density at radius 3 is 0.409 bits per heavy atom. The van der Waals surface area contributed by atoms with Gasteiger partial charge in [0.05, 0.1) is 0 Å². The van der Waals surface area contributed by atoms with E-state index in [4.69, 9.17) is 39.6 Å². The predicted molar refractivity (Wildman–Crippen MR) is 87.3 cm³/mol. The van der Waals surface area contributed by atoms with E-state index >= 15 is 0 Å². The van der Waals surface area contributed by atoms with Crippen molar-refractivity contribution in [2.75, 3.05) is 0 Å². The molecule has 138 valence electrons. The minimum atomic E-state index is -0.833. The molecule has 0 radical (unpaired) electrons. The van der Waals surface area contributed by atoms with Crippen LogP contribution in [0.1, 0.15) is 69.2 Å². The van der Waals surface area contributed by atoms with Crippen molar-refractivity contribution in [1.29, 1.82) is 0 Å². The smallest absolute Gasteiger partial charge is 0.300 e. The van der Waals surface area contributed by atoms with Crippen LogP contribution in [0, 0.1) is 0 Å². The molecule has 0 aliphatic rings. The third-order valence-corrected chi connectivity index (χ3v) is 0. The predicted octanol–water partition coefficient (Wildman–Crippen LogP) is 3.44. The first kappa shape index (κ1) is 42.7. The highest BCUT2D eigenvalue weighted by molar-refractivity contribution is 5.63. The van der Waals surface area contributed by atoms with E-state index in [1.807, 2.05) is 41.5 Å². The van der Waals surface area contributed by atoms with Crippen LogP contribution in [-0.2, 0) is 19.2 Å². The van der Waals surface area contributed by atoms with Gasteiger partial charge < -0.3 is 20.4 Å². The van der Waals surface area contributed by atoms with E-state index in [1.165, 1.54) is 0 Å². The molecule has 0 aromatic carbocycles. The number of carbonyl (C=O) groups is 4. The van der Waals surface area contributed by atoms with Crippen molar-refractivity contribution in [3.63, 3.8) is 0 Å². The average molecular weight is 330 g/mol. The second-order valence-corrected chi connectivity index (χ2v) is 2.08. The molecule has 0 aromatic heterocycles. The monoisotopic (exact) mass is 330 g/mol. The van der Waals surface area contributed by atoms with Gasteiger partial charge in [0.25, 0.3) is 23.9 Å². The topological polar surface area (TPSA) is 149 Å². The van der Waals surface area contributed by atoms with Crippen LogP contribution in [0.15, 0.2) is 0 Å². The quantitative estimate of drug-likeness (QED) is 0.527. The lowest BCUT2D eigenvalue weighted by Crippen LogP contribution is -1.78. The first-order valence-electron chi connectivity index (χ1n) is 6.71. The Labute approximate surface area is 133 Å². The Bertz CT molecular complexity index is 161. The average Bonchev–Trinajstić information content (AvgIpc) is 2.33. The molecule has 0 spiro atoms. The van der Waals surface area contributed by atoms with Crippen LogP contribution in [-0.4, -0.2) is 44.3 Å². The molecule has 4 N–H and O–H groups in total. The minimum absolute atomic E-state index is 0.833. The summed E-state index contributed by atoms with van der Waals surface area (Å²) in [6.07, 6.45) is 0. The molecular formula is C14H34O8. The molecule has 0 fully saturated rings. The van der Waals surface area contributed by atoms with E-state index in [1.54, 1.807) is 0 Å². The van der Waals surface area contributed by atoms with E-state index in [0.29, 0.717) is 0 Å². The summed E-state index contributed by atoms with van der Waals surface area (Å²) in [4.78, 5) is 36.0. The molecule has 0 aliphatic heterocycles. The minimum Gasteiger partial charge on any atom is -0.481 e. The first-order chi connectivity index (χ1) is 9.93. The van der Waals surface area contributed by atoms with Crippen LogP contribution in [0.3, 0.4) is 0 Å². The third kappa shape index (κ3) is 1130. The molecule has 0 heterocycles. The lowest BCUT2D eigenvalue weighted by Gasteiger charge is -1.59. The van der Waals surface area contributed by atoms with Gasteiger partial charge in [0.1, 0.15) is 0 Å². The van der Waals surface area contributed by atoms with Crippen molar-refractivity contribution in [2.24, 2.45) is 0 Å². The standard InChI is InChI=1S/4C2H4O2.3C2H6/c4*1-2(3)4;3*1-2/h4*1H3,(H,3,4);3*1-2H3. The van der Waals surface area contributed by atoms with Gasteiger partial charge in [0.2, 0.25) is 0 Å². The Balaban J connectivity index is -0.0000000245. The van der Waals surface area contributed by atoms with Gasteiger partial charge in [-0.1, -0.05) is 41.5 Å². The van der Waals surface area contributed by atoms with Gasteiger partial charge in [0, 0.05) is 27.7 Å². The largest absolute Gasteiger partial charge is 0.481 e. The molecule has 0 saturated heterocycles. The zero-order chi connectivity index (χ0) is 20.3. The van der Waals surface area contributed by atoms with Gasteiger partial charge in [0.15, 0.2) is 0 Å². The summed E-state index contributed by atoms with van der Waals surface area (Å²) in [7, 11) is 0. The Morgan fingerprint density at radius 2 is 0.409 bits per heavy atom. The van der Waals surface area contributed by atoms with Crippen LogP contribution in [0.5, 0.6) is 0 Å². The first-order valence-corrected chi connectivity index (χ1v) is 6.71. The van der Waals surface area contributed by atoms with Gasteiger partial charge in [-0.2, -0.15) is 0 Å². The SMILES string of the molecule is CC.CC.CC.CC(=O)O.CC(=O)O.CC(=O)O.CC(=O)O. The molecule has 8 heteroatoms. The summed E-state index contributed by atoms with van der Waals surface area (Å²) in [6.45, 7) is 16.3. The summed E-state index contributed by atoms with van der Waals surface area (Å²) in [5.74, 6) is -3.33. The molecule has 8 nitrogen and oxygen atoms in total. The second-order valence-electron chi connectivity index (χ2n) is 2.08. The number of hydrogen-bond acceptors (Lipinski definition) is 4. The summed E-state index contributed by atoms with van der Waals surface area (Å²) in [5, 5.41) is 29.7. The maximum absolute atomic E-state index is 9.00. The molecule has 0 rings (SSSR count). The van der Waals surface area contributed by atoms with Crippen molar-refractivity contribution >= 4 is 23.9 Å². The highest BCUT2D eigenvalue weighted by Crippen LogP contribution is 1.43. The van der Waals surface area contributed by atoms with Crippen LogP contribution < -0.4 is 0 Å². The molecule has 0 aliphatic carbocycles. The zero-order valence-corrected chi connectivity index (χ0v) is 15.4. The lowest BCUT2D eigenvalue weighted by molar-refractivity contribution is -0.135. The zero-order valence-electron chi connectivity index (χ0n) is 15.4. The van der Waals surface area contributed by atoms with E-state index in [2.05, 4.69) is 0 Å². The fourth-order valence-corrected chi connectivity index (χ4v) is 0.